The van der Waals surface area contributed by atoms with Gasteiger partial charge in [-0.2, -0.15) is 0 Å². The van der Waals surface area contributed by atoms with E-state index in [1.54, 1.807) is 63.9 Å². The van der Waals surface area contributed by atoms with Crippen molar-refractivity contribution in [3.63, 3.8) is 0 Å². The number of oxime groups is 1. The maximum atomic E-state index is 14.8. The van der Waals surface area contributed by atoms with Crippen LogP contribution in [0.4, 0.5) is 15.3 Å². The van der Waals surface area contributed by atoms with Crippen LogP contribution in [0.1, 0.15) is 81.1 Å². The third kappa shape index (κ3) is 12.1. The molecule has 69 heavy (non-hydrogen) atoms. The Hall–Kier alpha value is -5.18. The van der Waals surface area contributed by atoms with E-state index in [1.807, 2.05) is 89.5 Å². The summed E-state index contributed by atoms with van der Waals surface area (Å²) in [5.74, 6) is -3.59. The summed E-state index contributed by atoms with van der Waals surface area (Å²) in [5.41, 5.74) is 3.46. The number of likely N-dealkylation sites (N-methyl/N-ethyl adjacent to an activating group) is 1. The fourth-order valence-electron chi connectivity index (χ4n) is 10.6. The lowest BCUT2D eigenvalue weighted by Crippen LogP contribution is -2.62. The summed E-state index contributed by atoms with van der Waals surface area (Å²) in [4.78, 5) is 59.2. The fraction of sp³-hybridized carbons (Fsp3) is 0.640. The number of hydrogen-bond donors (Lipinski definition) is 3. The van der Waals surface area contributed by atoms with Crippen LogP contribution in [-0.4, -0.2) is 148 Å². The standard InChI is InChI=1S/C50H74N8O11/c1-13-39-50(8)43(58(48(62)69-50)53-23-18-24-57-28-37(52-29-57)35-19-17-22-51-27-35)32(4)40(55-64-12)30(2)26-49(7,63-11)44(68-46-41(59)38(56(9)10)25-31(3)65-46)33(5)42(34(6)45(60)66-39)67-47(61)54-36-20-15-14-16-21-36/h14-17,19-22,27-34,38-39,41-44,46,53,59H,13,18,23-26H2,1-12H3,(H,54,61)/b55-40+/t30-,31-,32+,33+,34-,38+,39-,41-,42+,43?,44-,46+,49+,50-/m1/s1. The number of methoxy groups -OCH3 is 1. The van der Waals surface area contributed by atoms with E-state index < -0.39 is 89.8 Å². The van der Waals surface area contributed by atoms with E-state index in [9.17, 15) is 19.5 Å². The normalized spacial score (nSPS) is 34.1. The van der Waals surface area contributed by atoms with Crippen molar-refractivity contribution in [3.05, 3.63) is 67.4 Å². The Bertz CT molecular complexity index is 2180. The van der Waals surface area contributed by atoms with Gasteiger partial charge in [0, 0.05) is 73.8 Å². The molecule has 2 aromatic heterocycles. The highest BCUT2D eigenvalue weighted by molar-refractivity contribution is 5.90. The Morgan fingerprint density at radius 1 is 1.04 bits per heavy atom. The topological polar surface area (TPSA) is 210 Å². The Balaban J connectivity index is 1.38. The molecule has 2 amide bonds. The summed E-state index contributed by atoms with van der Waals surface area (Å²) in [5, 5.41) is 20.7. The fourth-order valence-corrected chi connectivity index (χ4v) is 10.6. The molecule has 0 spiro atoms. The molecule has 19 nitrogen and oxygen atoms in total. The highest BCUT2D eigenvalue weighted by atomic mass is 16.7. The average Bonchev–Trinajstić information content (AvgIpc) is 3.91. The molecule has 19 heteroatoms. The van der Waals surface area contributed by atoms with Crippen LogP contribution in [0.3, 0.4) is 0 Å². The molecule has 3 aliphatic rings. The maximum absolute atomic E-state index is 14.8. The van der Waals surface area contributed by atoms with Crippen LogP contribution >= 0.6 is 0 Å². The number of pyridine rings is 1. The van der Waals surface area contributed by atoms with Gasteiger partial charge in [-0.3, -0.25) is 15.1 Å². The molecule has 380 valence electrons. The predicted octanol–water partition coefficient (Wildman–Crippen LogP) is 6.53. The largest absolute Gasteiger partial charge is 0.458 e. The molecule has 0 saturated carbocycles. The number of fused-ring (bicyclic) bond motifs is 1. The number of aliphatic hydroxyl groups is 1. The number of aryl methyl sites for hydroxylation is 1. The van der Waals surface area contributed by atoms with Gasteiger partial charge in [0.1, 0.15) is 31.5 Å². The van der Waals surface area contributed by atoms with Gasteiger partial charge in [0.25, 0.3) is 0 Å². The quantitative estimate of drug-likeness (QED) is 0.0680. The van der Waals surface area contributed by atoms with E-state index in [4.69, 9.17) is 33.3 Å². The van der Waals surface area contributed by atoms with E-state index in [0.29, 0.717) is 37.3 Å². The van der Waals surface area contributed by atoms with Gasteiger partial charge in [-0.15, -0.1) is 0 Å². The number of anilines is 1. The zero-order valence-corrected chi connectivity index (χ0v) is 42.2. The number of aromatic nitrogens is 3. The lowest BCUT2D eigenvalue weighted by molar-refractivity contribution is -0.301. The molecule has 14 atom stereocenters. The molecular formula is C50H74N8O11. The van der Waals surface area contributed by atoms with Crippen molar-refractivity contribution in [2.24, 2.45) is 28.8 Å². The summed E-state index contributed by atoms with van der Waals surface area (Å²) in [6.07, 6.45) is 1.76. The minimum atomic E-state index is -1.42. The summed E-state index contributed by atoms with van der Waals surface area (Å²) < 4.78 is 40.9. The van der Waals surface area contributed by atoms with E-state index >= 15 is 0 Å². The predicted molar refractivity (Wildman–Crippen MR) is 258 cm³/mol. The van der Waals surface area contributed by atoms with E-state index in [0.717, 1.165) is 11.3 Å². The number of carbonyl (C=O) groups excluding carboxylic acids is 3. The van der Waals surface area contributed by atoms with Crippen LogP contribution in [0.25, 0.3) is 11.3 Å². The van der Waals surface area contributed by atoms with Gasteiger partial charge in [0.2, 0.25) is 0 Å². The van der Waals surface area contributed by atoms with Crippen molar-refractivity contribution >= 4 is 29.6 Å². The lowest BCUT2D eigenvalue weighted by Gasteiger charge is -2.48. The first-order valence-electron chi connectivity index (χ1n) is 24.1. The van der Waals surface area contributed by atoms with Gasteiger partial charge < -0.3 is 47.8 Å². The second-order valence-electron chi connectivity index (χ2n) is 19.4. The summed E-state index contributed by atoms with van der Waals surface area (Å²) in [6, 6.07) is 11.5. The van der Waals surface area contributed by atoms with Gasteiger partial charge >= 0.3 is 18.2 Å². The van der Waals surface area contributed by atoms with Crippen molar-refractivity contribution in [2.45, 2.75) is 148 Å². The molecule has 3 aliphatic heterocycles. The molecule has 1 aromatic carbocycles. The second kappa shape index (κ2) is 23.2. The number of para-hydroxylation sites is 1. The molecule has 0 bridgehead atoms. The molecule has 6 rings (SSSR count). The summed E-state index contributed by atoms with van der Waals surface area (Å²) in [7, 11) is 6.82. The van der Waals surface area contributed by atoms with Crippen LogP contribution in [-0.2, 0) is 44.6 Å². The van der Waals surface area contributed by atoms with Crippen LogP contribution in [0.5, 0.6) is 0 Å². The number of nitrogens with one attached hydrogen (secondary N) is 2. The Morgan fingerprint density at radius 3 is 2.43 bits per heavy atom. The number of rotatable bonds is 14. The van der Waals surface area contributed by atoms with Crippen molar-refractivity contribution in [2.75, 3.05) is 40.2 Å². The zero-order chi connectivity index (χ0) is 50.2. The number of carbonyl (C=O) groups is 3. The molecule has 1 unspecified atom stereocenters. The number of hydrogen-bond acceptors (Lipinski definition) is 16. The van der Waals surface area contributed by atoms with Gasteiger partial charge in [-0.1, -0.05) is 51.0 Å². The first-order valence-corrected chi connectivity index (χ1v) is 24.1. The Morgan fingerprint density at radius 2 is 1.78 bits per heavy atom. The molecule has 3 saturated heterocycles. The second-order valence-corrected chi connectivity index (χ2v) is 19.4. The monoisotopic (exact) mass is 963 g/mol. The molecule has 5 heterocycles. The van der Waals surface area contributed by atoms with Crippen molar-refractivity contribution < 1.29 is 52.7 Å². The molecule has 3 aromatic rings. The number of ether oxygens (including phenoxy) is 6. The smallest absolute Gasteiger partial charge is 0.425 e. The number of benzene rings is 1. The number of aliphatic hydroxyl groups excluding tert-OH is 1. The van der Waals surface area contributed by atoms with E-state index in [1.165, 1.54) is 12.1 Å². The SMILES string of the molecule is CC[C@H]1OC(=O)[C@H](C)[C@@H](OC(=O)Nc2ccccc2)[C@H](C)[C@@H](O[C@@H]2O[C@H](C)C[C@H](N(C)C)[C@H]2O)[C@@](C)(OC)C[C@@H](C)/C(=N\OC)[C@H](C)C2N(NCCCn3cnc(-c4cccnc4)c3)C(=O)O[C@@]21C. The van der Waals surface area contributed by atoms with Gasteiger partial charge in [0.05, 0.1) is 41.5 Å². The Labute approximate surface area is 406 Å². The molecule has 3 N–H and O–H groups in total. The number of cyclic esters (lactones) is 1. The van der Waals surface area contributed by atoms with Crippen molar-refractivity contribution in [3.8, 4) is 11.3 Å². The third-order valence-electron chi connectivity index (χ3n) is 14.2. The lowest BCUT2D eigenvalue weighted by atomic mass is 9.73. The van der Waals surface area contributed by atoms with E-state index in [2.05, 4.69) is 25.9 Å². The van der Waals surface area contributed by atoms with E-state index in [-0.39, 0.29) is 25.0 Å². The van der Waals surface area contributed by atoms with Crippen molar-refractivity contribution in [1.82, 2.24) is 29.9 Å². The molecule has 0 radical (unpaired) electrons. The first-order chi connectivity index (χ1) is 32.8. The highest BCUT2D eigenvalue weighted by Crippen LogP contribution is 2.44. The van der Waals surface area contributed by atoms with Gasteiger partial charge in [-0.25, -0.2) is 25.0 Å². The first kappa shape index (κ1) is 53.2. The van der Waals surface area contributed by atoms with Gasteiger partial charge in [-0.05, 0) is 91.7 Å². The highest BCUT2D eigenvalue weighted by Gasteiger charge is 2.61. The molecule has 3 fully saturated rings. The molecule has 0 aliphatic carbocycles. The van der Waals surface area contributed by atoms with Crippen LogP contribution in [0.15, 0.2) is 72.5 Å². The third-order valence-corrected chi connectivity index (χ3v) is 14.2. The molecular weight excluding hydrogens is 889 g/mol. The Kier molecular flexibility index (Phi) is 17.8. The summed E-state index contributed by atoms with van der Waals surface area (Å²) >= 11 is 0. The van der Waals surface area contributed by atoms with Gasteiger partial charge in [0.15, 0.2) is 11.9 Å². The number of nitrogens with zero attached hydrogens (tertiary/aromatic N) is 6. The van der Waals surface area contributed by atoms with Crippen LogP contribution in [0.2, 0.25) is 0 Å². The number of esters is 1. The zero-order valence-electron chi connectivity index (χ0n) is 42.2. The number of hydrazine groups is 1. The van der Waals surface area contributed by atoms with Crippen LogP contribution < -0.4 is 10.7 Å². The van der Waals surface area contributed by atoms with Crippen molar-refractivity contribution in [1.29, 1.82) is 0 Å². The number of amides is 2. The average molecular weight is 963 g/mol. The summed E-state index contributed by atoms with van der Waals surface area (Å²) in [6.45, 7) is 15.8. The minimum absolute atomic E-state index is 0.247. The minimum Gasteiger partial charge on any atom is -0.458 e. The number of imidazole rings is 1. The maximum Gasteiger partial charge on any atom is 0.425 e. The van der Waals surface area contributed by atoms with Crippen LogP contribution in [0, 0.1) is 23.7 Å².